The van der Waals surface area contributed by atoms with Crippen molar-refractivity contribution in [1.82, 2.24) is 10.2 Å². The van der Waals surface area contributed by atoms with Crippen LogP contribution in [0.4, 0.5) is 0 Å². The summed E-state index contributed by atoms with van der Waals surface area (Å²) in [4.78, 5) is 26.4. The van der Waals surface area contributed by atoms with Crippen molar-refractivity contribution >= 4 is 29.3 Å². The number of fused-ring (bicyclic) bond motifs is 2. The Kier molecular flexibility index (Phi) is 3.93. The van der Waals surface area contributed by atoms with Crippen LogP contribution in [0.15, 0.2) is 39.5 Å². The second-order valence-electron chi connectivity index (χ2n) is 5.87. The van der Waals surface area contributed by atoms with E-state index in [1.165, 1.54) is 0 Å². The summed E-state index contributed by atoms with van der Waals surface area (Å²) in [6, 6.07) is 8.90. The number of rotatable bonds is 1. The van der Waals surface area contributed by atoms with Crippen LogP contribution in [0, 0.1) is 11.8 Å². The van der Waals surface area contributed by atoms with E-state index in [1.54, 1.807) is 23.1 Å². The smallest absolute Gasteiger partial charge is 0.349 e. The number of carbonyl (C=O) groups is 1. The van der Waals surface area contributed by atoms with Crippen molar-refractivity contribution in [1.29, 1.82) is 0 Å². The lowest BCUT2D eigenvalue weighted by Crippen LogP contribution is -2.34. The topological polar surface area (TPSA) is 62.6 Å². The number of nitrogens with zero attached hydrogens (tertiary/aromatic N) is 1. The van der Waals surface area contributed by atoms with E-state index in [1.807, 2.05) is 12.1 Å². The number of likely N-dealkylation sites (tertiary alicyclic amines) is 1. The quantitative estimate of drug-likeness (QED) is 0.809. The van der Waals surface area contributed by atoms with Crippen LogP contribution in [0.25, 0.3) is 11.0 Å². The summed E-state index contributed by atoms with van der Waals surface area (Å²) in [6.07, 6.45) is 0. The van der Waals surface area contributed by atoms with E-state index in [9.17, 15) is 9.59 Å². The molecule has 1 aromatic carbocycles. The maximum atomic E-state index is 12.6. The molecule has 2 fully saturated rings. The van der Waals surface area contributed by atoms with Crippen molar-refractivity contribution < 1.29 is 9.21 Å². The molecule has 5 nitrogen and oxygen atoms in total. The molecule has 116 valence electrons. The molecule has 1 N–H and O–H groups in total. The number of amides is 1. The molecule has 0 unspecified atom stereocenters. The molecular weight excluding hydrogens is 304 g/mol. The highest BCUT2D eigenvalue weighted by Gasteiger charge is 2.38. The molecule has 1 amide bonds. The van der Waals surface area contributed by atoms with E-state index < -0.39 is 5.63 Å². The van der Waals surface area contributed by atoms with Crippen LogP contribution in [-0.4, -0.2) is 37.0 Å². The molecular formula is C16H17ClN2O3. The highest BCUT2D eigenvalue weighted by atomic mass is 35.5. The van der Waals surface area contributed by atoms with Gasteiger partial charge in [0.25, 0.3) is 5.91 Å². The Labute approximate surface area is 133 Å². The molecule has 4 rings (SSSR count). The summed E-state index contributed by atoms with van der Waals surface area (Å²) >= 11 is 0. The molecule has 1 aromatic heterocycles. The van der Waals surface area contributed by atoms with Gasteiger partial charge in [-0.3, -0.25) is 4.79 Å². The predicted molar refractivity (Wildman–Crippen MR) is 85.5 cm³/mol. The normalized spacial score (nSPS) is 23.4. The fraction of sp³-hybridized carbons (Fsp3) is 0.375. The second kappa shape index (κ2) is 5.74. The maximum absolute atomic E-state index is 12.6. The van der Waals surface area contributed by atoms with Crippen LogP contribution in [0.5, 0.6) is 0 Å². The van der Waals surface area contributed by atoms with Crippen molar-refractivity contribution in [3.05, 3.63) is 46.3 Å². The Morgan fingerprint density at radius 1 is 1.18 bits per heavy atom. The van der Waals surface area contributed by atoms with Crippen molar-refractivity contribution in [3.8, 4) is 0 Å². The summed E-state index contributed by atoms with van der Waals surface area (Å²) in [6.45, 7) is 3.37. The van der Waals surface area contributed by atoms with Gasteiger partial charge in [0.05, 0.1) is 0 Å². The number of carbonyl (C=O) groups excluding carboxylic acids is 1. The molecule has 2 saturated heterocycles. The maximum Gasteiger partial charge on any atom is 0.349 e. The molecule has 0 aliphatic carbocycles. The zero-order valence-electron chi connectivity index (χ0n) is 12.0. The Morgan fingerprint density at radius 2 is 1.86 bits per heavy atom. The number of benzene rings is 1. The van der Waals surface area contributed by atoms with Gasteiger partial charge >= 0.3 is 5.63 Å². The van der Waals surface area contributed by atoms with Crippen LogP contribution < -0.4 is 10.9 Å². The van der Waals surface area contributed by atoms with E-state index in [-0.39, 0.29) is 23.9 Å². The fourth-order valence-electron chi connectivity index (χ4n) is 3.40. The average Bonchev–Trinajstić information content (AvgIpc) is 3.07. The Balaban J connectivity index is 0.00000144. The molecule has 22 heavy (non-hydrogen) atoms. The SMILES string of the molecule is Cl.O=C(c1cc2ccccc2oc1=O)N1C[C@H]2CNC[C@H]2C1. The molecule has 0 saturated carbocycles. The van der Waals surface area contributed by atoms with Crippen molar-refractivity contribution in [2.75, 3.05) is 26.2 Å². The van der Waals surface area contributed by atoms with Crippen LogP contribution in [0.2, 0.25) is 0 Å². The number of para-hydroxylation sites is 1. The number of halogens is 1. The molecule has 0 radical (unpaired) electrons. The first-order chi connectivity index (χ1) is 10.2. The summed E-state index contributed by atoms with van der Waals surface area (Å²) in [5.41, 5.74) is 0.108. The Bertz CT molecular complexity index is 761. The third-order valence-electron chi connectivity index (χ3n) is 4.55. The summed E-state index contributed by atoms with van der Waals surface area (Å²) in [7, 11) is 0. The first-order valence-electron chi connectivity index (χ1n) is 7.25. The molecule has 2 aromatic rings. The summed E-state index contributed by atoms with van der Waals surface area (Å²) in [5, 5.41) is 4.12. The van der Waals surface area contributed by atoms with Gasteiger partial charge in [-0.05, 0) is 24.0 Å². The highest BCUT2D eigenvalue weighted by molar-refractivity contribution is 5.96. The monoisotopic (exact) mass is 320 g/mol. The van der Waals surface area contributed by atoms with Crippen LogP contribution in [0.3, 0.4) is 0 Å². The molecule has 6 heteroatoms. The van der Waals surface area contributed by atoms with Gasteiger partial charge in [0.1, 0.15) is 11.1 Å². The zero-order chi connectivity index (χ0) is 14.4. The zero-order valence-corrected chi connectivity index (χ0v) is 12.8. The second-order valence-corrected chi connectivity index (χ2v) is 5.87. The first-order valence-corrected chi connectivity index (χ1v) is 7.25. The minimum atomic E-state index is -0.547. The molecule has 2 aliphatic heterocycles. The molecule has 0 spiro atoms. The molecule has 2 aliphatic rings. The third kappa shape index (κ3) is 2.40. The number of hydrogen-bond acceptors (Lipinski definition) is 4. The molecule has 0 bridgehead atoms. The van der Waals surface area contributed by atoms with Crippen LogP contribution in [-0.2, 0) is 0 Å². The van der Waals surface area contributed by atoms with Gasteiger partial charge in [-0.2, -0.15) is 0 Å². The Morgan fingerprint density at radius 3 is 2.59 bits per heavy atom. The van der Waals surface area contributed by atoms with E-state index in [2.05, 4.69) is 5.32 Å². The van der Waals surface area contributed by atoms with E-state index in [4.69, 9.17) is 4.42 Å². The lowest BCUT2D eigenvalue weighted by molar-refractivity contribution is 0.0777. The molecule has 2 atom stereocenters. The van der Waals surface area contributed by atoms with Gasteiger partial charge in [0.15, 0.2) is 0 Å². The van der Waals surface area contributed by atoms with E-state index in [0.29, 0.717) is 17.4 Å². The lowest BCUT2D eigenvalue weighted by Gasteiger charge is -2.16. The van der Waals surface area contributed by atoms with E-state index in [0.717, 1.165) is 31.6 Å². The van der Waals surface area contributed by atoms with Gasteiger partial charge in [0.2, 0.25) is 0 Å². The summed E-state index contributed by atoms with van der Waals surface area (Å²) < 4.78 is 5.25. The minimum absolute atomic E-state index is 0. The van der Waals surface area contributed by atoms with Gasteiger partial charge in [0, 0.05) is 31.6 Å². The van der Waals surface area contributed by atoms with Gasteiger partial charge in [-0.1, -0.05) is 18.2 Å². The largest absolute Gasteiger partial charge is 0.422 e. The van der Waals surface area contributed by atoms with Gasteiger partial charge in [-0.15, -0.1) is 12.4 Å². The fourth-order valence-corrected chi connectivity index (χ4v) is 3.40. The first kappa shape index (κ1) is 15.1. The van der Waals surface area contributed by atoms with Crippen molar-refractivity contribution in [3.63, 3.8) is 0 Å². The van der Waals surface area contributed by atoms with Crippen LogP contribution in [0.1, 0.15) is 10.4 Å². The van der Waals surface area contributed by atoms with Gasteiger partial charge in [-0.25, -0.2) is 4.79 Å². The third-order valence-corrected chi connectivity index (χ3v) is 4.55. The summed E-state index contributed by atoms with van der Waals surface area (Å²) in [5.74, 6) is 0.826. The van der Waals surface area contributed by atoms with Crippen molar-refractivity contribution in [2.24, 2.45) is 11.8 Å². The van der Waals surface area contributed by atoms with E-state index >= 15 is 0 Å². The average molecular weight is 321 g/mol. The highest BCUT2D eigenvalue weighted by Crippen LogP contribution is 2.27. The standard InChI is InChI=1S/C16H16N2O3.ClH/c19-15(18-8-11-6-17-7-12(11)9-18)13-5-10-3-1-2-4-14(10)21-16(13)20;/h1-5,11-12,17H,6-9H2;1H/t11-,12+;. The van der Waals surface area contributed by atoms with Crippen molar-refractivity contribution in [2.45, 2.75) is 0 Å². The number of hydrogen-bond donors (Lipinski definition) is 1. The van der Waals surface area contributed by atoms with Crippen LogP contribution >= 0.6 is 12.4 Å². The molecule has 3 heterocycles. The number of nitrogens with one attached hydrogen (secondary N) is 1. The predicted octanol–water partition coefficient (Wildman–Crippen LogP) is 1.51. The lowest BCUT2D eigenvalue weighted by atomic mass is 10.0. The Hall–Kier alpha value is -1.85. The minimum Gasteiger partial charge on any atom is -0.422 e. The van der Waals surface area contributed by atoms with Gasteiger partial charge < -0.3 is 14.6 Å².